The summed E-state index contributed by atoms with van der Waals surface area (Å²) < 4.78 is 0. The Morgan fingerprint density at radius 1 is 1.17 bits per heavy atom. The van der Waals surface area contributed by atoms with Crippen LogP contribution in [0.3, 0.4) is 0 Å². The van der Waals surface area contributed by atoms with Gasteiger partial charge >= 0.3 is 0 Å². The van der Waals surface area contributed by atoms with E-state index in [0.717, 1.165) is 22.4 Å². The largest absolute Gasteiger partial charge is 0.319 e. The lowest BCUT2D eigenvalue weighted by Crippen LogP contribution is -2.55. The van der Waals surface area contributed by atoms with Crippen molar-refractivity contribution in [1.29, 1.82) is 0 Å². The summed E-state index contributed by atoms with van der Waals surface area (Å²) in [5.41, 5.74) is 19.2. The highest BCUT2D eigenvalue weighted by Crippen LogP contribution is 2.38. The molecule has 0 radical (unpaired) electrons. The van der Waals surface area contributed by atoms with Crippen LogP contribution in [0.15, 0.2) is 65.7 Å². The normalized spacial score (nSPS) is 27.8. The van der Waals surface area contributed by atoms with Crippen LogP contribution in [-0.4, -0.2) is 17.9 Å². The van der Waals surface area contributed by atoms with Crippen molar-refractivity contribution in [3.63, 3.8) is 0 Å². The fraction of sp³-hybridized carbons (Fsp3) is 0.211. The first-order chi connectivity index (χ1) is 11.7. The first kappa shape index (κ1) is 15.1. The van der Waals surface area contributed by atoms with Gasteiger partial charge in [0.05, 0.1) is 11.2 Å². The van der Waals surface area contributed by atoms with E-state index >= 15 is 0 Å². The third-order valence-corrected chi connectivity index (χ3v) is 4.59. The van der Waals surface area contributed by atoms with Crippen LogP contribution in [-0.2, 0) is 11.3 Å². The van der Waals surface area contributed by atoms with Crippen LogP contribution in [0, 0.1) is 0 Å². The Bertz CT molecular complexity index is 802. The molecule has 122 valence electrons. The summed E-state index contributed by atoms with van der Waals surface area (Å²) in [7, 11) is 0. The first-order valence-electron chi connectivity index (χ1n) is 8.01. The number of rotatable bonds is 3. The minimum atomic E-state index is -0.669. The maximum Gasteiger partial charge on any atom is 0.137 e. The number of nitrogens with one attached hydrogen (secondary N) is 1. The monoisotopic (exact) mass is 320 g/mol. The molecule has 2 heterocycles. The predicted octanol–water partition coefficient (Wildman–Crippen LogP) is 2.30. The van der Waals surface area contributed by atoms with E-state index in [0.29, 0.717) is 6.42 Å². The first-order valence-corrected chi connectivity index (χ1v) is 8.01. The zero-order valence-electron chi connectivity index (χ0n) is 13.2. The van der Waals surface area contributed by atoms with Gasteiger partial charge in [-0.2, -0.15) is 0 Å². The van der Waals surface area contributed by atoms with Crippen molar-refractivity contribution >= 4 is 11.9 Å². The van der Waals surface area contributed by atoms with Crippen LogP contribution in [0.1, 0.15) is 22.8 Å². The Morgan fingerprint density at radius 2 is 2.00 bits per heavy atom. The summed E-state index contributed by atoms with van der Waals surface area (Å²) >= 11 is 0. The van der Waals surface area contributed by atoms with Gasteiger partial charge in [0.25, 0.3) is 0 Å². The van der Waals surface area contributed by atoms with Gasteiger partial charge < -0.3 is 11.5 Å². The van der Waals surface area contributed by atoms with Gasteiger partial charge in [-0.1, -0.05) is 48.5 Å². The van der Waals surface area contributed by atoms with Crippen LogP contribution < -0.4 is 16.9 Å². The molecule has 2 aliphatic heterocycles. The summed E-state index contributed by atoms with van der Waals surface area (Å²) in [6, 6.07) is 16.4. The summed E-state index contributed by atoms with van der Waals surface area (Å²) in [4.78, 5) is 9.98. The number of dihydropyridines is 1. The Balaban J connectivity index is 1.64. The average Bonchev–Trinajstić information content (AvgIpc) is 3.02. The molecule has 0 saturated carbocycles. The van der Waals surface area contributed by atoms with Crippen LogP contribution in [0.25, 0.3) is 0 Å². The number of fused-ring (bicyclic) bond motifs is 1. The Kier molecular flexibility index (Phi) is 3.69. The summed E-state index contributed by atoms with van der Waals surface area (Å²) in [5.74, 6) is 0. The molecule has 5 heteroatoms. The maximum absolute atomic E-state index is 6.45. The van der Waals surface area contributed by atoms with Crippen molar-refractivity contribution in [2.24, 2.45) is 16.5 Å². The van der Waals surface area contributed by atoms with Gasteiger partial charge in [-0.3, -0.25) is 15.3 Å². The summed E-state index contributed by atoms with van der Waals surface area (Å²) in [6.45, 7) is 0. The van der Waals surface area contributed by atoms with Gasteiger partial charge in [-0.25, -0.2) is 0 Å². The minimum Gasteiger partial charge on any atom is -0.319 e. The number of allylic oxidation sites excluding steroid dienone is 1. The highest BCUT2D eigenvalue weighted by Gasteiger charge is 2.32. The van der Waals surface area contributed by atoms with E-state index in [1.54, 1.807) is 6.21 Å². The van der Waals surface area contributed by atoms with Gasteiger partial charge in [0.1, 0.15) is 12.3 Å². The fourth-order valence-corrected chi connectivity index (χ4v) is 3.21. The molecule has 0 amide bonds. The smallest absolute Gasteiger partial charge is 0.137 e. The molecule has 0 bridgehead atoms. The topological polar surface area (TPSA) is 85.7 Å². The van der Waals surface area contributed by atoms with Crippen molar-refractivity contribution in [2.75, 3.05) is 5.48 Å². The standard InChI is InChI=1S/C19H20N4O/c20-18-19(21,9-4-10-22-18)12-13-7-8-16-15(11-13)17(24-23-16)14-5-2-1-3-6-14/h1-11,17-18,23H,12,20-21H2. The molecule has 0 saturated heterocycles. The van der Waals surface area contributed by atoms with Crippen molar-refractivity contribution < 1.29 is 4.84 Å². The third-order valence-electron chi connectivity index (χ3n) is 4.59. The van der Waals surface area contributed by atoms with Crippen LogP contribution in [0.4, 0.5) is 5.69 Å². The molecule has 5 N–H and O–H groups in total. The molecule has 24 heavy (non-hydrogen) atoms. The number of hydrogen-bond donors (Lipinski definition) is 3. The van der Waals surface area contributed by atoms with Gasteiger partial charge in [-0.15, -0.1) is 0 Å². The van der Waals surface area contributed by atoms with Gasteiger partial charge in [0.2, 0.25) is 0 Å². The molecule has 5 nitrogen and oxygen atoms in total. The predicted molar refractivity (Wildman–Crippen MR) is 95.7 cm³/mol. The van der Waals surface area contributed by atoms with E-state index in [1.807, 2.05) is 36.4 Å². The second kappa shape index (κ2) is 5.87. The molecule has 2 aromatic rings. The fourth-order valence-electron chi connectivity index (χ4n) is 3.21. The van der Waals surface area contributed by atoms with Gasteiger partial charge in [0, 0.05) is 11.8 Å². The zero-order chi connectivity index (χ0) is 16.6. The van der Waals surface area contributed by atoms with Gasteiger partial charge in [0.15, 0.2) is 0 Å². The molecule has 2 aromatic carbocycles. The molecule has 3 unspecified atom stereocenters. The Labute approximate surface area is 141 Å². The minimum absolute atomic E-state index is 0.122. The lowest BCUT2D eigenvalue weighted by Gasteiger charge is -2.31. The lowest BCUT2D eigenvalue weighted by atomic mass is 9.86. The van der Waals surface area contributed by atoms with E-state index in [4.69, 9.17) is 16.3 Å². The molecular weight excluding hydrogens is 300 g/mol. The second-order valence-corrected chi connectivity index (χ2v) is 6.32. The molecule has 0 fully saturated rings. The maximum atomic E-state index is 6.45. The van der Waals surface area contributed by atoms with Crippen LogP contribution in [0.5, 0.6) is 0 Å². The quantitative estimate of drug-likeness (QED) is 0.810. The van der Waals surface area contributed by atoms with E-state index in [1.165, 1.54) is 0 Å². The van der Waals surface area contributed by atoms with E-state index in [2.05, 4.69) is 34.7 Å². The lowest BCUT2D eigenvalue weighted by molar-refractivity contribution is 0.154. The highest BCUT2D eigenvalue weighted by molar-refractivity contribution is 5.73. The highest BCUT2D eigenvalue weighted by atomic mass is 16.7. The van der Waals surface area contributed by atoms with Crippen molar-refractivity contribution in [3.8, 4) is 0 Å². The van der Waals surface area contributed by atoms with Crippen LogP contribution >= 0.6 is 0 Å². The number of hydrogen-bond acceptors (Lipinski definition) is 5. The molecule has 0 spiro atoms. The number of nitrogens with zero attached hydrogens (tertiary/aromatic N) is 1. The van der Waals surface area contributed by atoms with Crippen molar-refractivity contribution in [3.05, 3.63) is 77.4 Å². The summed E-state index contributed by atoms with van der Waals surface area (Å²) in [5, 5.41) is 0. The number of nitrogens with two attached hydrogens (primary N) is 2. The SMILES string of the molecule is NC1N=CC=CC1(N)Cc1ccc2c(c1)C(c1ccccc1)ON2. The zero-order valence-corrected chi connectivity index (χ0v) is 13.2. The summed E-state index contributed by atoms with van der Waals surface area (Å²) in [6.07, 6.45) is 5.55. The van der Waals surface area contributed by atoms with Crippen molar-refractivity contribution in [1.82, 2.24) is 0 Å². The molecule has 0 aromatic heterocycles. The number of benzene rings is 2. The van der Waals surface area contributed by atoms with Crippen LogP contribution in [0.2, 0.25) is 0 Å². The van der Waals surface area contributed by atoms with Crippen molar-refractivity contribution in [2.45, 2.75) is 24.2 Å². The molecule has 0 aliphatic carbocycles. The van der Waals surface area contributed by atoms with E-state index < -0.39 is 11.7 Å². The number of aliphatic imine (C=N–C) groups is 1. The molecule has 2 aliphatic rings. The number of anilines is 1. The Morgan fingerprint density at radius 3 is 2.79 bits per heavy atom. The van der Waals surface area contributed by atoms with Gasteiger partial charge in [-0.05, 0) is 29.7 Å². The van der Waals surface area contributed by atoms with E-state index in [9.17, 15) is 0 Å². The molecule has 4 rings (SSSR count). The average molecular weight is 320 g/mol. The Hall–Kier alpha value is -2.47. The van der Waals surface area contributed by atoms with E-state index in [-0.39, 0.29) is 6.10 Å². The molecule has 3 atom stereocenters. The molecular formula is C19H20N4O. The third kappa shape index (κ3) is 2.63. The second-order valence-electron chi connectivity index (χ2n) is 6.32.